The van der Waals surface area contributed by atoms with E-state index in [9.17, 15) is 0 Å². The van der Waals surface area contributed by atoms with Crippen LogP contribution in [-0.2, 0) is 0 Å². The van der Waals surface area contributed by atoms with E-state index in [1.807, 2.05) is 6.07 Å². The number of anilines is 2. The molecule has 2 N–H and O–H groups in total. The second-order valence-corrected chi connectivity index (χ2v) is 5.80. The van der Waals surface area contributed by atoms with Gasteiger partial charge in [-0.3, -0.25) is 0 Å². The normalized spacial score (nSPS) is 14.9. The van der Waals surface area contributed by atoms with Gasteiger partial charge in [0.15, 0.2) is 0 Å². The lowest BCUT2D eigenvalue weighted by Crippen LogP contribution is -2.21. The van der Waals surface area contributed by atoms with Crippen molar-refractivity contribution in [3.05, 3.63) is 24.0 Å². The first-order valence-electron chi connectivity index (χ1n) is 7.86. The maximum Gasteiger partial charge on any atom is 0.131 e. The minimum Gasteiger partial charge on any atom is -0.370 e. The summed E-state index contributed by atoms with van der Waals surface area (Å²) in [4.78, 5) is 10.7. The van der Waals surface area contributed by atoms with Crippen LogP contribution in [0.15, 0.2) is 24.0 Å². The molecule has 0 saturated heterocycles. The van der Waals surface area contributed by atoms with Crippen LogP contribution in [0, 0.1) is 0 Å². The molecule has 0 spiro atoms. The van der Waals surface area contributed by atoms with Crippen LogP contribution in [-0.4, -0.2) is 48.6 Å². The predicted octanol–water partition coefficient (Wildman–Crippen LogP) is 2.75. The van der Waals surface area contributed by atoms with Gasteiger partial charge in [-0.05, 0) is 46.2 Å². The Morgan fingerprint density at radius 1 is 1.10 bits per heavy atom. The highest BCUT2D eigenvalue weighted by Gasteiger charge is 2.04. The van der Waals surface area contributed by atoms with Crippen LogP contribution in [0.1, 0.15) is 32.1 Å². The molecule has 1 aliphatic rings. The molecule has 21 heavy (non-hydrogen) atoms. The van der Waals surface area contributed by atoms with E-state index in [2.05, 4.69) is 45.7 Å². The fourth-order valence-corrected chi connectivity index (χ4v) is 2.44. The Balaban J connectivity index is 1.73. The molecule has 1 aliphatic carbocycles. The highest BCUT2D eigenvalue weighted by atomic mass is 15.1. The topological polar surface area (TPSA) is 53.1 Å². The van der Waals surface area contributed by atoms with Gasteiger partial charge >= 0.3 is 0 Å². The molecule has 0 saturated carbocycles. The number of hydrogen-bond donors (Lipinski definition) is 2. The smallest absolute Gasteiger partial charge is 0.131 e. The average molecular weight is 289 g/mol. The average Bonchev–Trinajstić information content (AvgIpc) is 2.48. The molecule has 0 fully saturated rings. The van der Waals surface area contributed by atoms with Gasteiger partial charge in [-0.1, -0.05) is 11.6 Å². The second-order valence-electron chi connectivity index (χ2n) is 5.80. The van der Waals surface area contributed by atoms with Crippen LogP contribution in [0.2, 0.25) is 0 Å². The van der Waals surface area contributed by atoms with Gasteiger partial charge in [-0.2, -0.15) is 0 Å². The van der Waals surface area contributed by atoms with Crippen molar-refractivity contribution in [2.75, 3.05) is 44.4 Å². The summed E-state index contributed by atoms with van der Waals surface area (Å²) in [6, 6.07) is 1.98. The summed E-state index contributed by atoms with van der Waals surface area (Å²) in [7, 11) is 4.13. The third kappa shape index (κ3) is 6.12. The van der Waals surface area contributed by atoms with Crippen LogP contribution < -0.4 is 10.6 Å². The highest BCUT2D eigenvalue weighted by Crippen LogP contribution is 2.20. The van der Waals surface area contributed by atoms with Crippen molar-refractivity contribution >= 4 is 11.6 Å². The summed E-state index contributed by atoms with van der Waals surface area (Å²) in [5.41, 5.74) is 1.59. The molecular weight excluding hydrogens is 262 g/mol. The van der Waals surface area contributed by atoms with Crippen molar-refractivity contribution in [2.45, 2.75) is 32.1 Å². The Morgan fingerprint density at radius 2 is 1.86 bits per heavy atom. The number of nitrogens with zero attached hydrogens (tertiary/aromatic N) is 3. The molecule has 0 aromatic carbocycles. The number of rotatable bonds is 8. The number of likely N-dealkylation sites (N-methyl/N-ethyl adjacent to an activating group) is 1. The molecule has 0 bridgehead atoms. The van der Waals surface area contributed by atoms with Gasteiger partial charge in [-0.25, -0.2) is 9.97 Å². The molecule has 116 valence electrons. The van der Waals surface area contributed by atoms with Crippen LogP contribution in [0.25, 0.3) is 0 Å². The monoisotopic (exact) mass is 289 g/mol. The van der Waals surface area contributed by atoms with Crippen molar-refractivity contribution in [1.29, 1.82) is 0 Å². The Kier molecular flexibility index (Phi) is 6.47. The maximum atomic E-state index is 4.27. The van der Waals surface area contributed by atoms with Crippen molar-refractivity contribution in [2.24, 2.45) is 0 Å². The Bertz CT molecular complexity index is 456. The summed E-state index contributed by atoms with van der Waals surface area (Å²) < 4.78 is 0. The largest absolute Gasteiger partial charge is 0.370 e. The van der Waals surface area contributed by atoms with E-state index in [-0.39, 0.29) is 0 Å². The van der Waals surface area contributed by atoms with E-state index in [1.165, 1.54) is 25.7 Å². The summed E-state index contributed by atoms with van der Waals surface area (Å²) >= 11 is 0. The summed E-state index contributed by atoms with van der Waals surface area (Å²) in [5.74, 6) is 1.78. The third-order valence-corrected chi connectivity index (χ3v) is 3.67. The molecule has 0 aliphatic heterocycles. The standard InChI is InChI=1S/C16H27N5/c1-21(2)11-10-18-16-12-15(19-13-20-16)17-9-8-14-6-4-3-5-7-14/h6,12-13H,3-5,7-11H2,1-2H3,(H2,17,18,19,20). The van der Waals surface area contributed by atoms with E-state index in [0.29, 0.717) is 0 Å². The third-order valence-electron chi connectivity index (χ3n) is 3.67. The van der Waals surface area contributed by atoms with Gasteiger partial charge in [0.2, 0.25) is 0 Å². The van der Waals surface area contributed by atoms with Gasteiger partial charge in [0.05, 0.1) is 0 Å². The minimum atomic E-state index is 0.881. The van der Waals surface area contributed by atoms with Crippen molar-refractivity contribution in [3.8, 4) is 0 Å². The van der Waals surface area contributed by atoms with E-state index < -0.39 is 0 Å². The lowest BCUT2D eigenvalue weighted by atomic mass is 9.97. The van der Waals surface area contributed by atoms with Crippen LogP contribution in [0.3, 0.4) is 0 Å². The minimum absolute atomic E-state index is 0.881. The lowest BCUT2D eigenvalue weighted by Gasteiger charge is -2.14. The number of hydrogen-bond acceptors (Lipinski definition) is 5. The van der Waals surface area contributed by atoms with Gasteiger partial charge in [-0.15, -0.1) is 0 Å². The molecule has 0 atom stereocenters. The number of aromatic nitrogens is 2. The first kappa shape index (κ1) is 15.8. The van der Waals surface area contributed by atoms with Gasteiger partial charge in [0, 0.05) is 25.7 Å². The van der Waals surface area contributed by atoms with Crippen LogP contribution >= 0.6 is 0 Å². The first-order chi connectivity index (χ1) is 10.2. The van der Waals surface area contributed by atoms with Crippen molar-refractivity contribution < 1.29 is 0 Å². The molecule has 1 aromatic rings. The molecular formula is C16H27N5. The van der Waals surface area contributed by atoms with Crippen LogP contribution in [0.4, 0.5) is 11.6 Å². The van der Waals surface area contributed by atoms with Crippen molar-refractivity contribution in [3.63, 3.8) is 0 Å². The number of nitrogens with one attached hydrogen (secondary N) is 2. The highest BCUT2D eigenvalue weighted by molar-refractivity contribution is 5.46. The van der Waals surface area contributed by atoms with Gasteiger partial charge in [0.1, 0.15) is 18.0 Å². The molecule has 0 radical (unpaired) electrons. The summed E-state index contributed by atoms with van der Waals surface area (Å²) in [5, 5.41) is 6.70. The Hall–Kier alpha value is -1.62. The van der Waals surface area contributed by atoms with E-state index >= 15 is 0 Å². The zero-order valence-electron chi connectivity index (χ0n) is 13.2. The molecule has 0 amide bonds. The summed E-state index contributed by atoms with van der Waals surface area (Å²) in [6.45, 7) is 2.82. The zero-order chi connectivity index (χ0) is 14.9. The lowest BCUT2D eigenvalue weighted by molar-refractivity contribution is 0.425. The van der Waals surface area contributed by atoms with E-state index in [0.717, 1.165) is 37.7 Å². The fourth-order valence-electron chi connectivity index (χ4n) is 2.44. The zero-order valence-corrected chi connectivity index (χ0v) is 13.2. The van der Waals surface area contributed by atoms with Crippen molar-refractivity contribution in [1.82, 2.24) is 14.9 Å². The fraction of sp³-hybridized carbons (Fsp3) is 0.625. The Morgan fingerprint density at radius 3 is 2.52 bits per heavy atom. The van der Waals surface area contributed by atoms with E-state index in [4.69, 9.17) is 0 Å². The van der Waals surface area contributed by atoms with Crippen LogP contribution in [0.5, 0.6) is 0 Å². The molecule has 1 aromatic heterocycles. The van der Waals surface area contributed by atoms with Gasteiger partial charge < -0.3 is 15.5 Å². The number of allylic oxidation sites excluding steroid dienone is 1. The maximum absolute atomic E-state index is 4.27. The molecule has 2 rings (SSSR count). The Labute approximate surface area is 127 Å². The van der Waals surface area contributed by atoms with Gasteiger partial charge in [0.25, 0.3) is 0 Å². The molecule has 5 heteroatoms. The molecule has 0 unspecified atom stereocenters. The SMILES string of the molecule is CN(C)CCNc1cc(NCCC2=CCCCC2)ncn1. The second kappa shape index (κ2) is 8.62. The molecule has 1 heterocycles. The quantitative estimate of drug-likeness (QED) is 0.721. The summed E-state index contributed by atoms with van der Waals surface area (Å²) in [6.07, 6.45) is 10.3. The van der Waals surface area contributed by atoms with E-state index in [1.54, 1.807) is 11.9 Å². The molecule has 5 nitrogen and oxygen atoms in total. The first-order valence-corrected chi connectivity index (χ1v) is 7.86. The predicted molar refractivity (Wildman–Crippen MR) is 88.7 cm³/mol.